The molecule has 1 aromatic heterocycles. The average molecular weight is 307 g/mol. The molecule has 2 N–H and O–H groups in total. The van der Waals surface area contributed by atoms with Crippen molar-refractivity contribution in [3.63, 3.8) is 0 Å². The van der Waals surface area contributed by atoms with E-state index in [1.165, 1.54) is 29.7 Å². The van der Waals surface area contributed by atoms with Crippen LogP contribution < -0.4 is 5.32 Å². The second-order valence-corrected chi connectivity index (χ2v) is 8.09. The summed E-state index contributed by atoms with van der Waals surface area (Å²) in [5.74, 6) is 0.779. The second-order valence-electron chi connectivity index (χ2n) is 6.95. The van der Waals surface area contributed by atoms with Gasteiger partial charge in [-0.05, 0) is 49.7 Å². The largest absolute Gasteiger partial charge is 0.396 e. The highest BCUT2D eigenvalue weighted by Crippen LogP contribution is 2.37. The van der Waals surface area contributed by atoms with E-state index in [1.807, 2.05) is 0 Å². The summed E-state index contributed by atoms with van der Waals surface area (Å²) in [7, 11) is 0. The molecule has 1 saturated carbocycles. The predicted octanol–water partition coefficient (Wildman–Crippen LogP) is 3.16. The Kier molecular flexibility index (Phi) is 4.36. The molecule has 1 unspecified atom stereocenters. The number of aliphatic hydroxyl groups is 1. The molecule has 3 nitrogen and oxygen atoms in total. The molecular weight excluding hydrogens is 282 g/mol. The number of aliphatic hydroxyl groups excluding tert-OH is 1. The van der Waals surface area contributed by atoms with Crippen LogP contribution in [0.3, 0.4) is 0 Å². The van der Waals surface area contributed by atoms with Crippen molar-refractivity contribution in [2.24, 2.45) is 11.3 Å². The van der Waals surface area contributed by atoms with Crippen molar-refractivity contribution in [2.45, 2.75) is 51.9 Å². The monoisotopic (exact) mass is 307 g/mol. The molecule has 1 atom stereocenters. The predicted molar refractivity (Wildman–Crippen MR) is 85.8 cm³/mol. The van der Waals surface area contributed by atoms with Crippen molar-refractivity contribution in [3.05, 3.63) is 21.4 Å². The Bertz CT molecular complexity index is 517. The quantitative estimate of drug-likeness (QED) is 0.897. The SMILES string of the molecule is CC1CCc2sc(C(=O)NCC3(CO)CCCC3)cc2C1. The Morgan fingerprint density at radius 2 is 2.24 bits per heavy atom. The maximum Gasteiger partial charge on any atom is 0.261 e. The highest BCUT2D eigenvalue weighted by molar-refractivity contribution is 7.14. The zero-order valence-electron chi connectivity index (χ0n) is 12.8. The molecular formula is C17H25NO2S. The van der Waals surface area contributed by atoms with Crippen LogP contribution in [0, 0.1) is 11.3 Å². The summed E-state index contributed by atoms with van der Waals surface area (Å²) in [4.78, 5) is 14.6. The van der Waals surface area contributed by atoms with E-state index in [0.717, 1.165) is 36.5 Å². The fourth-order valence-corrected chi connectivity index (χ4v) is 4.81. The number of aryl methyl sites for hydroxylation is 1. The third-order valence-corrected chi connectivity index (χ3v) is 6.41. The summed E-state index contributed by atoms with van der Waals surface area (Å²) in [5.41, 5.74) is 1.31. The van der Waals surface area contributed by atoms with Gasteiger partial charge < -0.3 is 10.4 Å². The molecule has 2 aliphatic carbocycles. The minimum absolute atomic E-state index is 0.0433. The summed E-state index contributed by atoms with van der Waals surface area (Å²) in [5, 5.41) is 12.7. The number of fused-ring (bicyclic) bond motifs is 1. The minimum Gasteiger partial charge on any atom is -0.396 e. The Morgan fingerprint density at radius 1 is 1.48 bits per heavy atom. The van der Waals surface area contributed by atoms with Gasteiger partial charge in [0.1, 0.15) is 0 Å². The number of thiophene rings is 1. The molecule has 1 heterocycles. The van der Waals surface area contributed by atoms with E-state index < -0.39 is 0 Å². The standard InChI is InChI=1S/C17H25NO2S/c1-12-4-5-14-13(8-12)9-15(21-14)16(20)18-10-17(11-19)6-2-3-7-17/h9,12,19H,2-8,10-11H2,1H3,(H,18,20). The number of nitrogens with one attached hydrogen (secondary N) is 1. The summed E-state index contributed by atoms with van der Waals surface area (Å²) in [6.45, 7) is 3.08. The van der Waals surface area contributed by atoms with Gasteiger partial charge in [0, 0.05) is 16.8 Å². The molecule has 0 spiro atoms. The number of carbonyl (C=O) groups excluding carboxylic acids is 1. The summed E-state index contributed by atoms with van der Waals surface area (Å²) in [6, 6.07) is 2.09. The van der Waals surface area contributed by atoms with Gasteiger partial charge in [-0.15, -0.1) is 11.3 Å². The Balaban J connectivity index is 1.63. The number of amides is 1. The van der Waals surface area contributed by atoms with E-state index in [0.29, 0.717) is 6.54 Å². The molecule has 2 aliphatic rings. The Labute approximate surface area is 130 Å². The van der Waals surface area contributed by atoms with Gasteiger partial charge in [-0.2, -0.15) is 0 Å². The van der Waals surface area contributed by atoms with Gasteiger partial charge >= 0.3 is 0 Å². The number of rotatable bonds is 4. The maximum absolute atomic E-state index is 12.4. The average Bonchev–Trinajstić information content (AvgIpc) is 3.11. The minimum atomic E-state index is -0.0684. The fourth-order valence-electron chi connectivity index (χ4n) is 3.69. The lowest BCUT2D eigenvalue weighted by molar-refractivity contribution is 0.0884. The summed E-state index contributed by atoms with van der Waals surface area (Å²) >= 11 is 1.66. The van der Waals surface area contributed by atoms with E-state index in [-0.39, 0.29) is 17.9 Å². The molecule has 1 fully saturated rings. The molecule has 116 valence electrons. The van der Waals surface area contributed by atoms with Gasteiger partial charge in [-0.1, -0.05) is 19.8 Å². The van der Waals surface area contributed by atoms with Gasteiger partial charge in [0.2, 0.25) is 0 Å². The highest BCUT2D eigenvalue weighted by atomic mass is 32.1. The molecule has 3 rings (SSSR count). The smallest absolute Gasteiger partial charge is 0.261 e. The Hall–Kier alpha value is -0.870. The van der Waals surface area contributed by atoms with E-state index in [9.17, 15) is 9.90 Å². The van der Waals surface area contributed by atoms with Gasteiger partial charge in [-0.25, -0.2) is 0 Å². The molecule has 0 saturated heterocycles. The van der Waals surface area contributed by atoms with Crippen LogP contribution in [0.2, 0.25) is 0 Å². The molecule has 1 amide bonds. The van der Waals surface area contributed by atoms with Crippen molar-refractivity contribution in [1.29, 1.82) is 0 Å². The van der Waals surface area contributed by atoms with Crippen molar-refractivity contribution in [2.75, 3.05) is 13.2 Å². The molecule has 0 bridgehead atoms. The van der Waals surface area contributed by atoms with Crippen molar-refractivity contribution in [3.8, 4) is 0 Å². The van der Waals surface area contributed by atoms with Gasteiger partial charge in [-0.3, -0.25) is 4.79 Å². The van der Waals surface area contributed by atoms with Crippen molar-refractivity contribution in [1.82, 2.24) is 5.32 Å². The van der Waals surface area contributed by atoms with E-state index in [4.69, 9.17) is 0 Å². The van der Waals surface area contributed by atoms with E-state index >= 15 is 0 Å². The van der Waals surface area contributed by atoms with Crippen molar-refractivity contribution >= 4 is 17.2 Å². The lowest BCUT2D eigenvalue weighted by Crippen LogP contribution is -2.38. The topological polar surface area (TPSA) is 49.3 Å². The van der Waals surface area contributed by atoms with Crippen LogP contribution in [0.4, 0.5) is 0 Å². The van der Waals surface area contributed by atoms with Crippen LogP contribution in [-0.4, -0.2) is 24.2 Å². The first-order chi connectivity index (χ1) is 10.1. The third-order valence-electron chi connectivity index (χ3n) is 5.18. The zero-order valence-corrected chi connectivity index (χ0v) is 13.6. The van der Waals surface area contributed by atoms with Crippen LogP contribution in [0.15, 0.2) is 6.07 Å². The van der Waals surface area contributed by atoms with Crippen molar-refractivity contribution < 1.29 is 9.90 Å². The maximum atomic E-state index is 12.4. The lowest BCUT2D eigenvalue weighted by Gasteiger charge is -2.26. The molecule has 1 aromatic rings. The van der Waals surface area contributed by atoms with Crippen LogP contribution in [0.25, 0.3) is 0 Å². The third kappa shape index (κ3) is 3.16. The number of hydrogen-bond acceptors (Lipinski definition) is 3. The molecule has 4 heteroatoms. The highest BCUT2D eigenvalue weighted by Gasteiger charge is 2.33. The van der Waals surface area contributed by atoms with E-state index in [1.54, 1.807) is 11.3 Å². The summed E-state index contributed by atoms with van der Waals surface area (Å²) in [6.07, 6.45) is 7.87. The second kappa shape index (κ2) is 6.09. The Morgan fingerprint density at radius 3 is 2.95 bits per heavy atom. The van der Waals surface area contributed by atoms with Crippen LogP contribution in [0.1, 0.15) is 59.1 Å². The molecule has 21 heavy (non-hydrogen) atoms. The normalized spacial score (nSPS) is 23.8. The number of hydrogen-bond donors (Lipinski definition) is 2. The van der Waals surface area contributed by atoms with Gasteiger partial charge in [0.05, 0.1) is 11.5 Å². The van der Waals surface area contributed by atoms with Crippen LogP contribution in [-0.2, 0) is 12.8 Å². The first kappa shape index (κ1) is 15.0. The van der Waals surface area contributed by atoms with Crippen LogP contribution >= 0.6 is 11.3 Å². The zero-order chi connectivity index (χ0) is 14.9. The lowest BCUT2D eigenvalue weighted by atomic mass is 9.87. The van der Waals surface area contributed by atoms with E-state index in [2.05, 4.69) is 18.3 Å². The fraction of sp³-hybridized carbons (Fsp3) is 0.706. The molecule has 0 radical (unpaired) electrons. The van der Waals surface area contributed by atoms with Gasteiger partial charge in [0.25, 0.3) is 5.91 Å². The van der Waals surface area contributed by atoms with Crippen LogP contribution in [0.5, 0.6) is 0 Å². The molecule has 0 aliphatic heterocycles. The van der Waals surface area contributed by atoms with Gasteiger partial charge in [0.15, 0.2) is 0 Å². The number of carbonyl (C=O) groups is 1. The molecule has 0 aromatic carbocycles. The summed E-state index contributed by atoms with van der Waals surface area (Å²) < 4.78 is 0. The first-order valence-corrected chi connectivity index (χ1v) is 8.94. The first-order valence-electron chi connectivity index (χ1n) is 8.12.